The molecule has 1 aliphatic carbocycles. The highest BCUT2D eigenvalue weighted by molar-refractivity contribution is 5.96. The van der Waals surface area contributed by atoms with Gasteiger partial charge in [0.05, 0.1) is 17.3 Å². The summed E-state index contributed by atoms with van der Waals surface area (Å²) in [6.07, 6.45) is 0.563. The number of ether oxygens (including phenoxy) is 1. The zero-order valence-electron chi connectivity index (χ0n) is 14.2. The second kappa shape index (κ2) is 7.17. The highest BCUT2D eigenvalue weighted by Crippen LogP contribution is 2.37. The van der Waals surface area contributed by atoms with E-state index in [0.717, 1.165) is 37.4 Å². The lowest BCUT2D eigenvalue weighted by molar-refractivity contribution is 0.00330. The zero-order chi connectivity index (χ0) is 17.3. The smallest absolute Gasteiger partial charge is 0.255 e. The van der Waals surface area contributed by atoms with Gasteiger partial charge in [-0.25, -0.2) is 8.78 Å². The molecule has 0 unspecified atom stereocenters. The van der Waals surface area contributed by atoms with Gasteiger partial charge in [-0.3, -0.25) is 9.48 Å². The summed E-state index contributed by atoms with van der Waals surface area (Å²) in [5.74, 6) is -0.477. The van der Waals surface area contributed by atoms with Crippen LogP contribution in [-0.4, -0.2) is 41.9 Å². The molecular weight excluding hydrogens is 316 g/mol. The summed E-state index contributed by atoms with van der Waals surface area (Å²) in [5, 5.41) is 7.45. The molecule has 0 radical (unpaired) electrons. The van der Waals surface area contributed by atoms with E-state index in [1.165, 1.54) is 0 Å². The lowest BCUT2D eigenvalue weighted by atomic mass is 9.75. The van der Waals surface area contributed by atoms with Gasteiger partial charge in [0.1, 0.15) is 0 Å². The van der Waals surface area contributed by atoms with Crippen molar-refractivity contribution in [3.8, 4) is 0 Å². The van der Waals surface area contributed by atoms with E-state index in [2.05, 4.69) is 10.4 Å². The summed E-state index contributed by atoms with van der Waals surface area (Å²) >= 11 is 0. The highest BCUT2D eigenvalue weighted by Gasteiger charge is 2.35. The van der Waals surface area contributed by atoms with Crippen LogP contribution in [0.3, 0.4) is 0 Å². The fourth-order valence-corrected chi connectivity index (χ4v) is 3.76. The van der Waals surface area contributed by atoms with Crippen molar-refractivity contribution in [2.45, 2.75) is 52.0 Å². The van der Waals surface area contributed by atoms with Gasteiger partial charge in [-0.05, 0) is 45.4 Å². The third-order valence-electron chi connectivity index (χ3n) is 5.27. The minimum atomic E-state index is -2.24. The first-order chi connectivity index (χ1) is 11.5. The molecular formula is C17H25F2N3O2. The molecule has 1 aromatic rings. The van der Waals surface area contributed by atoms with Crippen molar-refractivity contribution in [1.82, 2.24) is 15.1 Å². The molecule has 1 aromatic heterocycles. The van der Waals surface area contributed by atoms with Gasteiger partial charge in [-0.2, -0.15) is 5.10 Å². The Morgan fingerprint density at radius 1 is 1.33 bits per heavy atom. The standard InChI is InChI=1S/C17H25F2N3O2/c1-10-15(11(2)22(21-10)14-3-5-24-6-4-14)17(23)20-9-12-7-13(8-12)16(18)19/h12-14,16H,3-9H2,1-2H3,(H,20,23). The van der Waals surface area contributed by atoms with E-state index >= 15 is 0 Å². The molecule has 0 aromatic carbocycles. The number of alkyl halides is 2. The minimum Gasteiger partial charge on any atom is -0.381 e. The Kier molecular flexibility index (Phi) is 5.18. The maximum Gasteiger partial charge on any atom is 0.255 e. The van der Waals surface area contributed by atoms with Crippen LogP contribution in [0.5, 0.6) is 0 Å². The van der Waals surface area contributed by atoms with Crippen LogP contribution in [0, 0.1) is 25.7 Å². The minimum absolute atomic E-state index is 0.149. The number of nitrogens with zero attached hydrogens (tertiary/aromatic N) is 2. The van der Waals surface area contributed by atoms with Crippen molar-refractivity contribution in [1.29, 1.82) is 0 Å². The number of rotatable bonds is 5. The molecule has 3 rings (SSSR count). The molecule has 1 amide bonds. The number of hydrogen-bond donors (Lipinski definition) is 1. The number of nitrogens with one attached hydrogen (secondary N) is 1. The fraction of sp³-hybridized carbons (Fsp3) is 0.765. The topological polar surface area (TPSA) is 56.2 Å². The van der Waals surface area contributed by atoms with Crippen molar-refractivity contribution in [3.63, 3.8) is 0 Å². The second-order valence-electron chi connectivity index (χ2n) is 6.98. The van der Waals surface area contributed by atoms with Gasteiger partial charge in [-0.15, -0.1) is 0 Å². The molecule has 5 nitrogen and oxygen atoms in total. The summed E-state index contributed by atoms with van der Waals surface area (Å²) < 4.78 is 32.3. The molecule has 0 spiro atoms. The van der Waals surface area contributed by atoms with Crippen LogP contribution in [0.4, 0.5) is 8.78 Å². The van der Waals surface area contributed by atoms with Crippen LogP contribution in [0.15, 0.2) is 0 Å². The van der Waals surface area contributed by atoms with Crippen LogP contribution in [0.2, 0.25) is 0 Å². The maximum absolute atomic E-state index is 12.5. The summed E-state index contributed by atoms with van der Waals surface area (Å²) in [6, 6.07) is 0.275. The van der Waals surface area contributed by atoms with E-state index in [1.54, 1.807) is 0 Å². The normalized spacial score (nSPS) is 24.9. The van der Waals surface area contributed by atoms with E-state index in [9.17, 15) is 13.6 Å². The van der Waals surface area contributed by atoms with Gasteiger partial charge in [0.25, 0.3) is 5.91 Å². The van der Waals surface area contributed by atoms with Crippen LogP contribution in [-0.2, 0) is 4.74 Å². The van der Waals surface area contributed by atoms with Crippen molar-refractivity contribution in [2.75, 3.05) is 19.8 Å². The largest absolute Gasteiger partial charge is 0.381 e. The van der Waals surface area contributed by atoms with Gasteiger partial charge < -0.3 is 10.1 Å². The number of hydrogen-bond acceptors (Lipinski definition) is 3. The Bertz CT molecular complexity index is 591. The first kappa shape index (κ1) is 17.3. The van der Waals surface area contributed by atoms with Gasteiger partial charge in [-0.1, -0.05) is 0 Å². The summed E-state index contributed by atoms with van der Waals surface area (Å²) in [7, 11) is 0. The Balaban J connectivity index is 1.60. The van der Waals surface area contributed by atoms with Crippen molar-refractivity contribution < 1.29 is 18.3 Å². The first-order valence-electron chi connectivity index (χ1n) is 8.67. The van der Waals surface area contributed by atoms with Crippen LogP contribution >= 0.6 is 0 Å². The third kappa shape index (κ3) is 3.45. The average Bonchev–Trinajstić information content (AvgIpc) is 2.81. The van der Waals surface area contributed by atoms with E-state index in [-0.39, 0.29) is 17.9 Å². The lowest BCUT2D eigenvalue weighted by Gasteiger charge is -2.34. The summed E-state index contributed by atoms with van der Waals surface area (Å²) in [6.45, 7) is 5.66. The van der Waals surface area contributed by atoms with Crippen LogP contribution in [0.25, 0.3) is 0 Å². The number of aromatic nitrogens is 2. The van der Waals surface area contributed by atoms with Crippen molar-refractivity contribution >= 4 is 5.91 Å². The quantitative estimate of drug-likeness (QED) is 0.896. The summed E-state index contributed by atoms with van der Waals surface area (Å²) in [4.78, 5) is 12.5. The van der Waals surface area contributed by atoms with Gasteiger partial charge >= 0.3 is 0 Å². The number of carbonyl (C=O) groups is 1. The molecule has 1 aliphatic heterocycles. The highest BCUT2D eigenvalue weighted by atomic mass is 19.3. The zero-order valence-corrected chi connectivity index (χ0v) is 14.2. The molecule has 134 valence electrons. The molecule has 0 atom stereocenters. The molecule has 1 N–H and O–H groups in total. The molecule has 2 heterocycles. The van der Waals surface area contributed by atoms with E-state index in [0.29, 0.717) is 24.9 Å². The molecule has 0 bridgehead atoms. The lowest BCUT2D eigenvalue weighted by Crippen LogP contribution is -2.38. The molecule has 2 aliphatic rings. The van der Waals surface area contributed by atoms with Crippen molar-refractivity contribution in [3.05, 3.63) is 17.0 Å². The number of carbonyl (C=O) groups excluding carboxylic acids is 1. The molecule has 2 fully saturated rings. The van der Waals surface area contributed by atoms with Gasteiger partial charge in [0.15, 0.2) is 0 Å². The molecule has 24 heavy (non-hydrogen) atoms. The van der Waals surface area contributed by atoms with E-state index in [4.69, 9.17) is 4.74 Å². The third-order valence-corrected chi connectivity index (χ3v) is 5.27. The average molecular weight is 341 g/mol. The van der Waals surface area contributed by atoms with Gasteiger partial charge in [0, 0.05) is 31.4 Å². The number of amides is 1. The monoisotopic (exact) mass is 341 g/mol. The molecule has 7 heteroatoms. The predicted molar refractivity (Wildman–Crippen MR) is 85.3 cm³/mol. The molecule has 1 saturated heterocycles. The summed E-state index contributed by atoms with van der Waals surface area (Å²) in [5.41, 5.74) is 2.21. The van der Waals surface area contributed by atoms with Gasteiger partial charge in [0.2, 0.25) is 6.43 Å². The fourth-order valence-electron chi connectivity index (χ4n) is 3.76. The first-order valence-corrected chi connectivity index (χ1v) is 8.67. The molecule has 1 saturated carbocycles. The SMILES string of the molecule is Cc1nn(C2CCOCC2)c(C)c1C(=O)NCC1CC(C(F)F)C1. The Labute approximate surface area is 140 Å². The van der Waals surface area contributed by atoms with E-state index < -0.39 is 12.3 Å². The second-order valence-corrected chi connectivity index (χ2v) is 6.98. The van der Waals surface area contributed by atoms with Crippen LogP contribution in [0.1, 0.15) is 53.5 Å². The predicted octanol–water partition coefficient (Wildman–Crippen LogP) is 2.87. The van der Waals surface area contributed by atoms with E-state index in [1.807, 2.05) is 18.5 Å². The Morgan fingerprint density at radius 3 is 2.62 bits per heavy atom. The number of aryl methyl sites for hydroxylation is 1. The number of halogens is 2. The van der Waals surface area contributed by atoms with Crippen LogP contribution < -0.4 is 5.32 Å². The maximum atomic E-state index is 12.5. The van der Waals surface area contributed by atoms with Crippen molar-refractivity contribution in [2.24, 2.45) is 11.8 Å². The Hall–Kier alpha value is -1.50. The Morgan fingerprint density at radius 2 is 2.00 bits per heavy atom.